The molecule has 2 saturated heterocycles. The van der Waals surface area contributed by atoms with Crippen LogP contribution in [-0.2, 0) is 4.74 Å². The molecular weight excluding hydrogens is 322 g/mol. The number of rotatable bonds is 4. The Hall–Kier alpha value is -2.27. The van der Waals surface area contributed by atoms with E-state index in [1.165, 1.54) is 0 Å². The molecule has 1 unspecified atom stereocenters. The third-order valence-electron chi connectivity index (χ3n) is 5.08. The van der Waals surface area contributed by atoms with Gasteiger partial charge in [-0.25, -0.2) is 9.78 Å². The third-order valence-corrected chi connectivity index (χ3v) is 5.08. The highest BCUT2D eigenvalue weighted by atomic mass is 16.5. The molecule has 1 aromatic heterocycles. The third kappa shape index (κ3) is 3.56. The van der Waals surface area contributed by atoms with Crippen molar-refractivity contribution < 1.29 is 13.9 Å². The number of urea groups is 1. The van der Waals surface area contributed by atoms with E-state index in [1.54, 1.807) is 0 Å². The number of carbonyl (C=O) groups is 1. The van der Waals surface area contributed by atoms with Crippen LogP contribution >= 0.6 is 0 Å². The molecule has 1 aliphatic carbocycles. The van der Waals surface area contributed by atoms with Crippen LogP contribution in [0.2, 0.25) is 0 Å². The fourth-order valence-electron chi connectivity index (χ4n) is 3.32. The Morgan fingerprint density at radius 1 is 1.28 bits per heavy atom. The van der Waals surface area contributed by atoms with Crippen LogP contribution in [-0.4, -0.2) is 61.9 Å². The number of amides is 2. The highest BCUT2D eigenvalue weighted by molar-refractivity contribution is 5.74. The van der Waals surface area contributed by atoms with Crippen molar-refractivity contribution in [2.24, 2.45) is 5.92 Å². The van der Waals surface area contributed by atoms with Crippen LogP contribution in [0.1, 0.15) is 36.8 Å². The van der Waals surface area contributed by atoms with Gasteiger partial charge in [0.1, 0.15) is 6.07 Å². The lowest BCUT2D eigenvalue weighted by Gasteiger charge is -2.34. The first-order valence-corrected chi connectivity index (χ1v) is 9.01. The van der Waals surface area contributed by atoms with Crippen molar-refractivity contribution in [1.29, 1.82) is 5.26 Å². The van der Waals surface area contributed by atoms with E-state index in [9.17, 15) is 10.1 Å². The molecule has 1 saturated carbocycles. The second kappa shape index (κ2) is 6.92. The second-order valence-corrected chi connectivity index (χ2v) is 6.98. The van der Waals surface area contributed by atoms with E-state index in [0.29, 0.717) is 62.0 Å². The summed E-state index contributed by atoms with van der Waals surface area (Å²) in [6.45, 7) is 4.71. The van der Waals surface area contributed by atoms with Crippen molar-refractivity contribution >= 4 is 11.9 Å². The van der Waals surface area contributed by atoms with Crippen LogP contribution < -0.4 is 10.2 Å². The van der Waals surface area contributed by atoms with Crippen LogP contribution in [0, 0.1) is 17.2 Å². The molecule has 8 nitrogen and oxygen atoms in total. The van der Waals surface area contributed by atoms with Gasteiger partial charge in [-0.05, 0) is 19.3 Å². The zero-order chi connectivity index (χ0) is 17.2. The molecule has 134 valence electrons. The molecule has 0 aromatic carbocycles. The maximum Gasteiger partial charge on any atom is 0.317 e. The topological polar surface area (TPSA) is 94.6 Å². The van der Waals surface area contributed by atoms with Gasteiger partial charge < -0.3 is 24.3 Å². The van der Waals surface area contributed by atoms with Crippen molar-refractivity contribution in [2.45, 2.75) is 25.2 Å². The normalized spacial score (nSPS) is 23.6. The average Bonchev–Trinajstić information content (AvgIpc) is 3.20. The lowest BCUT2D eigenvalue weighted by molar-refractivity contribution is 0.179. The highest BCUT2D eigenvalue weighted by Crippen LogP contribution is 2.41. The number of nitrogens with zero attached hydrogens (tertiary/aromatic N) is 4. The van der Waals surface area contributed by atoms with E-state index < -0.39 is 0 Å². The monoisotopic (exact) mass is 345 g/mol. The summed E-state index contributed by atoms with van der Waals surface area (Å²) in [5.41, 5.74) is 0.362. The van der Waals surface area contributed by atoms with Gasteiger partial charge in [0, 0.05) is 51.2 Å². The molecule has 2 aliphatic heterocycles. The van der Waals surface area contributed by atoms with E-state index in [1.807, 2.05) is 9.80 Å². The number of piperazine rings is 1. The maximum absolute atomic E-state index is 12.3. The van der Waals surface area contributed by atoms with Gasteiger partial charge in [-0.15, -0.1) is 0 Å². The molecule has 4 rings (SSSR count). The van der Waals surface area contributed by atoms with Crippen LogP contribution in [0.15, 0.2) is 4.42 Å². The van der Waals surface area contributed by atoms with Crippen molar-refractivity contribution in [3.63, 3.8) is 0 Å². The van der Waals surface area contributed by atoms with Gasteiger partial charge in [-0.1, -0.05) is 0 Å². The minimum absolute atomic E-state index is 0.0247. The lowest BCUT2D eigenvalue weighted by atomic mass is 10.1. The number of carbonyl (C=O) groups excluding carboxylic acids is 1. The molecule has 0 spiro atoms. The first-order chi connectivity index (χ1) is 12.2. The Labute approximate surface area is 146 Å². The van der Waals surface area contributed by atoms with Crippen LogP contribution in [0.25, 0.3) is 0 Å². The minimum Gasteiger partial charge on any atom is -0.423 e. The number of ether oxygens (including phenoxy) is 1. The van der Waals surface area contributed by atoms with Gasteiger partial charge in [-0.3, -0.25) is 0 Å². The molecule has 1 atom stereocenters. The Kier molecular flexibility index (Phi) is 4.49. The Morgan fingerprint density at radius 2 is 2.08 bits per heavy atom. The van der Waals surface area contributed by atoms with E-state index in [2.05, 4.69) is 16.4 Å². The van der Waals surface area contributed by atoms with E-state index in [-0.39, 0.29) is 6.03 Å². The van der Waals surface area contributed by atoms with E-state index in [4.69, 9.17) is 9.15 Å². The van der Waals surface area contributed by atoms with Gasteiger partial charge in [0.15, 0.2) is 0 Å². The highest BCUT2D eigenvalue weighted by Gasteiger charge is 2.32. The van der Waals surface area contributed by atoms with Crippen molar-refractivity contribution in [2.75, 3.05) is 50.8 Å². The smallest absolute Gasteiger partial charge is 0.317 e. The molecule has 25 heavy (non-hydrogen) atoms. The number of oxazole rings is 1. The van der Waals surface area contributed by atoms with Gasteiger partial charge in [0.05, 0.1) is 6.61 Å². The number of nitrogens with one attached hydrogen (secondary N) is 1. The lowest BCUT2D eigenvalue weighted by Crippen LogP contribution is -2.52. The standard InChI is InChI=1S/C17H23N5O3/c18-9-14-16(25-15(20-14)13-1-2-13)21-4-6-22(7-5-21)17(23)19-10-12-3-8-24-11-12/h12-13H,1-8,10-11H2,(H,19,23). The first-order valence-electron chi connectivity index (χ1n) is 9.01. The summed E-state index contributed by atoms with van der Waals surface area (Å²) in [6, 6.07) is 2.11. The van der Waals surface area contributed by atoms with Gasteiger partial charge in [0.2, 0.25) is 17.5 Å². The molecule has 3 heterocycles. The van der Waals surface area contributed by atoms with Crippen LogP contribution in [0.4, 0.5) is 10.7 Å². The van der Waals surface area contributed by atoms with Crippen molar-refractivity contribution in [3.8, 4) is 6.07 Å². The van der Waals surface area contributed by atoms with Crippen molar-refractivity contribution in [1.82, 2.24) is 15.2 Å². The molecule has 0 bridgehead atoms. The molecule has 1 N–H and O–H groups in total. The molecule has 2 amide bonds. The van der Waals surface area contributed by atoms with Gasteiger partial charge in [-0.2, -0.15) is 5.26 Å². The summed E-state index contributed by atoms with van der Waals surface area (Å²) in [5.74, 6) is 2.06. The summed E-state index contributed by atoms with van der Waals surface area (Å²) in [5, 5.41) is 12.3. The Bertz CT molecular complexity index is 664. The molecule has 0 radical (unpaired) electrons. The number of aromatic nitrogens is 1. The first kappa shape index (κ1) is 16.2. The zero-order valence-electron chi connectivity index (χ0n) is 14.2. The molecule has 3 aliphatic rings. The SMILES string of the molecule is N#Cc1nc(C2CC2)oc1N1CCN(C(=O)NCC2CCOC2)CC1. The predicted molar refractivity (Wildman–Crippen MR) is 89.3 cm³/mol. The van der Waals surface area contributed by atoms with E-state index in [0.717, 1.165) is 32.5 Å². The average molecular weight is 345 g/mol. The predicted octanol–water partition coefficient (Wildman–Crippen LogP) is 1.29. The second-order valence-electron chi connectivity index (χ2n) is 6.98. The summed E-state index contributed by atoms with van der Waals surface area (Å²) < 4.78 is 11.2. The summed E-state index contributed by atoms with van der Waals surface area (Å²) >= 11 is 0. The van der Waals surface area contributed by atoms with Crippen LogP contribution in [0.3, 0.4) is 0 Å². The number of hydrogen-bond acceptors (Lipinski definition) is 6. The fraction of sp³-hybridized carbons (Fsp3) is 0.706. The quantitative estimate of drug-likeness (QED) is 0.884. The van der Waals surface area contributed by atoms with Crippen LogP contribution in [0.5, 0.6) is 0 Å². The van der Waals surface area contributed by atoms with Gasteiger partial charge >= 0.3 is 6.03 Å². The molecule has 8 heteroatoms. The fourth-order valence-corrected chi connectivity index (χ4v) is 3.32. The molecular formula is C17H23N5O3. The maximum atomic E-state index is 12.3. The van der Waals surface area contributed by atoms with Crippen molar-refractivity contribution in [3.05, 3.63) is 11.6 Å². The Balaban J connectivity index is 1.30. The minimum atomic E-state index is -0.0247. The Morgan fingerprint density at radius 3 is 2.72 bits per heavy atom. The molecule has 3 fully saturated rings. The summed E-state index contributed by atoms with van der Waals surface area (Å²) in [4.78, 5) is 20.4. The molecule has 1 aromatic rings. The number of nitriles is 1. The largest absolute Gasteiger partial charge is 0.423 e. The summed E-state index contributed by atoms with van der Waals surface area (Å²) in [7, 11) is 0. The number of hydrogen-bond donors (Lipinski definition) is 1. The van der Waals surface area contributed by atoms with Gasteiger partial charge in [0.25, 0.3) is 0 Å². The zero-order valence-corrected chi connectivity index (χ0v) is 14.2. The van der Waals surface area contributed by atoms with E-state index >= 15 is 0 Å². The summed E-state index contributed by atoms with van der Waals surface area (Å²) in [6.07, 6.45) is 3.19. The number of anilines is 1.